The number of thiazole rings is 1. The summed E-state index contributed by atoms with van der Waals surface area (Å²) in [6.45, 7) is 8.61. The van der Waals surface area contributed by atoms with Crippen LogP contribution >= 0.6 is 11.3 Å². The summed E-state index contributed by atoms with van der Waals surface area (Å²) in [5.41, 5.74) is 1.19. The van der Waals surface area contributed by atoms with Crippen LogP contribution in [0.4, 0.5) is 0 Å². The first-order chi connectivity index (χ1) is 9.06. The van der Waals surface area contributed by atoms with Crippen molar-refractivity contribution in [1.29, 1.82) is 0 Å². The molecule has 0 bridgehead atoms. The third-order valence-corrected chi connectivity index (χ3v) is 4.19. The molecule has 2 unspecified atom stereocenters. The molecule has 2 aromatic heterocycles. The van der Waals surface area contributed by atoms with Crippen LogP contribution < -0.4 is 5.32 Å². The van der Waals surface area contributed by atoms with Crippen LogP contribution in [-0.4, -0.2) is 11.0 Å². The maximum atomic E-state index is 5.36. The quantitative estimate of drug-likeness (QED) is 0.867. The Morgan fingerprint density at radius 2 is 2.16 bits per heavy atom. The van der Waals surface area contributed by atoms with Gasteiger partial charge < -0.3 is 9.73 Å². The molecule has 0 fully saturated rings. The highest BCUT2D eigenvalue weighted by Crippen LogP contribution is 2.23. The number of nitrogens with zero attached hydrogens (tertiary/aromatic N) is 1. The normalized spacial score (nSPS) is 14.5. The van der Waals surface area contributed by atoms with Gasteiger partial charge in [-0.15, -0.1) is 11.3 Å². The summed E-state index contributed by atoms with van der Waals surface area (Å²) in [5.74, 6) is 1.06. The molecule has 0 amide bonds. The van der Waals surface area contributed by atoms with Crippen molar-refractivity contribution in [3.05, 3.63) is 39.7 Å². The summed E-state index contributed by atoms with van der Waals surface area (Å²) >= 11 is 1.77. The Bertz CT molecular complexity index is 504. The van der Waals surface area contributed by atoms with Gasteiger partial charge in [0.05, 0.1) is 17.0 Å². The summed E-state index contributed by atoms with van der Waals surface area (Å²) in [5, 5.41) is 4.76. The molecule has 2 rings (SSSR count). The molecular weight excluding hydrogens is 256 g/mol. The van der Waals surface area contributed by atoms with Crippen LogP contribution in [0.5, 0.6) is 0 Å². The Balaban J connectivity index is 1.84. The van der Waals surface area contributed by atoms with Gasteiger partial charge in [-0.25, -0.2) is 4.98 Å². The average molecular weight is 278 g/mol. The van der Waals surface area contributed by atoms with Crippen LogP contribution in [0.2, 0.25) is 0 Å². The van der Waals surface area contributed by atoms with Crippen LogP contribution in [0.25, 0.3) is 0 Å². The van der Waals surface area contributed by atoms with Crippen molar-refractivity contribution in [1.82, 2.24) is 10.3 Å². The topological polar surface area (TPSA) is 38.1 Å². The number of hydrogen-bond acceptors (Lipinski definition) is 4. The first-order valence-corrected chi connectivity index (χ1v) is 7.60. The molecule has 0 saturated carbocycles. The van der Waals surface area contributed by atoms with Gasteiger partial charge in [-0.3, -0.25) is 0 Å². The van der Waals surface area contributed by atoms with Gasteiger partial charge in [-0.05, 0) is 46.2 Å². The monoisotopic (exact) mass is 278 g/mol. The molecule has 2 atom stereocenters. The fraction of sp³-hybridized carbons (Fsp3) is 0.533. The molecule has 104 valence electrons. The molecule has 0 aromatic carbocycles. The average Bonchev–Trinajstić information content (AvgIpc) is 2.96. The zero-order chi connectivity index (χ0) is 13.8. The Labute approximate surface area is 119 Å². The molecule has 0 spiro atoms. The van der Waals surface area contributed by atoms with Crippen molar-refractivity contribution >= 4 is 11.3 Å². The van der Waals surface area contributed by atoms with E-state index in [1.807, 2.05) is 12.1 Å². The largest absolute Gasteiger partial charge is 0.469 e. The van der Waals surface area contributed by atoms with E-state index in [2.05, 4.69) is 38.0 Å². The highest BCUT2D eigenvalue weighted by atomic mass is 32.1. The SMILES string of the molecule is Cc1nc(C(C)NC(C)CCc2ccco2)c(C)s1. The minimum absolute atomic E-state index is 0.302. The third kappa shape index (κ3) is 3.91. The Morgan fingerprint density at radius 1 is 1.37 bits per heavy atom. The van der Waals surface area contributed by atoms with Crippen molar-refractivity contribution in [3.63, 3.8) is 0 Å². The standard InChI is InChI=1S/C15H22N2OS/c1-10(7-8-14-6-5-9-18-14)16-11(2)15-12(3)19-13(4)17-15/h5-6,9-11,16H,7-8H2,1-4H3. The van der Waals surface area contributed by atoms with Gasteiger partial charge in [0.25, 0.3) is 0 Å². The van der Waals surface area contributed by atoms with Crippen molar-refractivity contribution in [2.24, 2.45) is 0 Å². The second-order valence-electron chi connectivity index (χ2n) is 5.08. The lowest BCUT2D eigenvalue weighted by Crippen LogP contribution is -2.29. The van der Waals surface area contributed by atoms with E-state index >= 15 is 0 Å². The van der Waals surface area contributed by atoms with E-state index in [1.54, 1.807) is 17.6 Å². The van der Waals surface area contributed by atoms with Gasteiger partial charge in [0, 0.05) is 23.4 Å². The number of rotatable bonds is 6. The molecule has 0 radical (unpaired) electrons. The van der Waals surface area contributed by atoms with Gasteiger partial charge in [0.2, 0.25) is 0 Å². The maximum Gasteiger partial charge on any atom is 0.103 e. The summed E-state index contributed by atoms with van der Waals surface area (Å²) < 4.78 is 5.36. The van der Waals surface area contributed by atoms with Gasteiger partial charge in [0.15, 0.2) is 0 Å². The molecule has 0 aliphatic rings. The molecule has 3 nitrogen and oxygen atoms in total. The minimum Gasteiger partial charge on any atom is -0.469 e. The molecule has 2 aromatic rings. The predicted molar refractivity (Wildman–Crippen MR) is 79.6 cm³/mol. The lowest BCUT2D eigenvalue weighted by molar-refractivity contribution is 0.427. The number of furan rings is 1. The Kier molecular flexibility index (Phi) is 4.77. The zero-order valence-electron chi connectivity index (χ0n) is 12.1. The molecule has 1 N–H and O–H groups in total. The maximum absolute atomic E-state index is 5.36. The highest BCUT2D eigenvalue weighted by molar-refractivity contribution is 7.11. The van der Waals surface area contributed by atoms with Crippen molar-refractivity contribution < 1.29 is 4.42 Å². The minimum atomic E-state index is 0.302. The van der Waals surface area contributed by atoms with E-state index in [1.165, 1.54) is 10.6 Å². The van der Waals surface area contributed by atoms with Gasteiger partial charge in [-0.2, -0.15) is 0 Å². The molecule has 0 saturated heterocycles. The summed E-state index contributed by atoms with van der Waals surface area (Å²) in [6, 6.07) is 4.72. The number of nitrogens with one attached hydrogen (secondary N) is 1. The van der Waals surface area contributed by atoms with E-state index in [0.717, 1.165) is 23.6 Å². The van der Waals surface area contributed by atoms with E-state index in [0.29, 0.717) is 12.1 Å². The second kappa shape index (κ2) is 6.35. The van der Waals surface area contributed by atoms with E-state index in [-0.39, 0.29) is 0 Å². The lowest BCUT2D eigenvalue weighted by atomic mass is 10.1. The summed E-state index contributed by atoms with van der Waals surface area (Å²) in [6.07, 6.45) is 3.78. The number of hydrogen-bond donors (Lipinski definition) is 1. The molecule has 0 aliphatic carbocycles. The predicted octanol–water partition coefficient (Wildman–Crippen LogP) is 4.02. The third-order valence-electron chi connectivity index (χ3n) is 3.29. The molecular formula is C15H22N2OS. The van der Waals surface area contributed by atoms with Crippen LogP contribution in [0, 0.1) is 13.8 Å². The highest BCUT2D eigenvalue weighted by Gasteiger charge is 2.15. The summed E-state index contributed by atoms with van der Waals surface area (Å²) in [4.78, 5) is 5.93. The molecule has 19 heavy (non-hydrogen) atoms. The molecule has 0 aliphatic heterocycles. The van der Waals surface area contributed by atoms with E-state index in [4.69, 9.17) is 4.42 Å². The van der Waals surface area contributed by atoms with Crippen molar-refractivity contribution in [3.8, 4) is 0 Å². The van der Waals surface area contributed by atoms with E-state index in [9.17, 15) is 0 Å². The van der Waals surface area contributed by atoms with Crippen LogP contribution in [0.15, 0.2) is 22.8 Å². The fourth-order valence-corrected chi connectivity index (χ4v) is 3.26. The zero-order valence-corrected chi connectivity index (χ0v) is 12.9. The first-order valence-electron chi connectivity index (χ1n) is 6.78. The van der Waals surface area contributed by atoms with E-state index < -0.39 is 0 Å². The van der Waals surface area contributed by atoms with Gasteiger partial charge in [0.1, 0.15) is 5.76 Å². The number of aryl methyl sites for hydroxylation is 3. The first kappa shape index (κ1) is 14.3. The van der Waals surface area contributed by atoms with Crippen molar-refractivity contribution in [2.75, 3.05) is 0 Å². The van der Waals surface area contributed by atoms with Crippen LogP contribution in [0.1, 0.15) is 47.6 Å². The Morgan fingerprint density at radius 3 is 2.74 bits per heavy atom. The van der Waals surface area contributed by atoms with Gasteiger partial charge >= 0.3 is 0 Å². The smallest absolute Gasteiger partial charge is 0.103 e. The molecule has 4 heteroatoms. The van der Waals surface area contributed by atoms with Gasteiger partial charge in [-0.1, -0.05) is 0 Å². The van der Waals surface area contributed by atoms with Crippen molar-refractivity contribution in [2.45, 2.75) is 52.6 Å². The fourth-order valence-electron chi connectivity index (χ4n) is 2.35. The number of aromatic nitrogens is 1. The van der Waals surface area contributed by atoms with Crippen LogP contribution in [0.3, 0.4) is 0 Å². The molecule has 2 heterocycles. The Hall–Kier alpha value is -1.13. The lowest BCUT2D eigenvalue weighted by Gasteiger charge is -2.19. The second-order valence-corrected chi connectivity index (χ2v) is 6.49. The van der Waals surface area contributed by atoms with Crippen LogP contribution in [-0.2, 0) is 6.42 Å². The summed E-state index contributed by atoms with van der Waals surface area (Å²) in [7, 11) is 0.